The van der Waals surface area contributed by atoms with Crippen LogP contribution in [0.4, 0.5) is 0 Å². The molecule has 0 amide bonds. The van der Waals surface area contributed by atoms with Crippen molar-refractivity contribution >= 4 is 5.97 Å². The highest BCUT2D eigenvalue weighted by molar-refractivity contribution is 5.72. The number of carbonyl (C=O) groups is 1. The summed E-state index contributed by atoms with van der Waals surface area (Å²) in [4.78, 5) is 10.7. The first kappa shape index (κ1) is 14.1. The van der Waals surface area contributed by atoms with Gasteiger partial charge >= 0.3 is 5.97 Å². The van der Waals surface area contributed by atoms with E-state index in [1.54, 1.807) is 6.92 Å². The van der Waals surface area contributed by atoms with Crippen molar-refractivity contribution in [3.8, 4) is 0 Å². The number of rotatable bonds is 10. The van der Waals surface area contributed by atoms with E-state index in [4.69, 9.17) is 14.6 Å². The molecule has 1 unspecified atom stereocenters. The van der Waals surface area contributed by atoms with Gasteiger partial charge < -0.3 is 14.6 Å². The Labute approximate surface area is 90.9 Å². The second kappa shape index (κ2) is 9.68. The Hall–Kier alpha value is -0.870. The van der Waals surface area contributed by atoms with E-state index in [-0.39, 0.29) is 0 Å². The van der Waals surface area contributed by atoms with E-state index < -0.39 is 12.1 Å². The molecule has 0 aromatic rings. The van der Waals surface area contributed by atoms with Gasteiger partial charge in [0.1, 0.15) is 0 Å². The summed E-state index contributed by atoms with van der Waals surface area (Å²) in [6.45, 7) is 6.86. The minimum absolute atomic E-state index is 0.400. The number of unbranched alkanes of at least 4 members (excludes halogenated alkanes) is 1. The minimum Gasteiger partial charge on any atom is -0.479 e. The van der Waals surface area contributed by atoms with Crippen LogP contribution >= 0.6 is 0 Å². The molecular formula is C11H20O4. The fraction of sp³-hybridized carbons (Fsp3) is 0.727. The lowest BCUT2D eigenvalue weighted by molar-refractivity contribution is -0.151. The molecule has 0 bridgehead atoms. The van der Waals surface area contributed by atoms with Gasteiger partial charge in [-0.2, -0.15) is 0 Å². The summed E-state index contributed by atoms with van der Waals surface area (Å²) in [5.74, 6) is -0.924. The number of hydrogen-bond donors (Lipinski definition) is 1. The third-order valence-corrected chi connectivity index (χ3v) is 1.86. The molecule has 1 N–H and O–H groups in total. The number of carboxylic acids is 1. The Morgan fingerprint density at radius 2 is 2.27 bits per heavy atom. The lowest BCUT2D eigenvalue weighted by Gasteiger charge is -2.11. The summed E-state index contributed by atoms with van der Waals surface area (Å²) in [6, 6.07) is 0. The fourth-order valence-corrected chi connectivity index (χ4v) is 1.10. The van der Waals surface area contributed by atoms with Crippen LogP contribution in [0.15, 0.2) is 12.7 Å². The topological polar surface area (TPSA) is 55.8 Å². The average molecular weight is 216 g/mol. The van der Waals surface area contributed by atoms with Crippen molar-refractivity contribution in [2.45, 2.75) is 32.3 Å². The second-order valence-electron chi connectivity index (χ2n) is 3.11. The molecule has 0 aliphatic carbocycles. The van der Waals surface area contributed by atoms with Crippen LogP contribution in [0.5, 0.6) is 0 Å². The summed E-state index contributed by atoms with van der Waals surface area (Å²) in [5, 5.41) is 8.75. The number of allylic oxidation sites excluding steroid dienone is 1. The zero-order valence-corrected chi connectivity index (χ0v) is 9.28. The third kappa shape index (κ3) is 8.15. The van der Waals surface area contributed by atoms with E-state index in [0.717, 1.165) is 12.8 Å². The number of carboxylic acid groups (broad SMARTS) is 1. The molecule has 0 spiro atoms. The molecule has 1 atom stereocenters. The molecule has 0 saturated heterocycles. The fourth-order valence-electron chi connectivity index (χ4n) is 1.10. The van der Waals surface area contributed by atoms with Gasteiger partial charge in [0.25, 0.3) is 0 Å². The van der Waals surface area contributed by atoms with Crippen LogP contribution in [0.3, 0.4) is 0 Å². The maximum Gasteiger partial charge on any atom is 0.332 e. The molecule has 0 radical (unpaired) electrons. The SMILES string of the molecule is C=CCCCOCCC(OCC)C(=O)O. The molecule has 0 saturated carbocycles. The van der Waals surface area contributed by atoms with Gasteiger partial charge in [0, 0.05) is 26.2 Å². The Morgan fingerprint density at radius 3 is 2.80 bits per heavy atom. The lowest BCUT2D eigenvalue weighted by atomic mass is 10.2. The predicted octanol–water partition coefficient (Wildman–Crippen LogP) is 1.85. The molecule has 0 aromatic heterocycles. The van der Waals surface area contributed by atoms with Crippen LogP contribution in [0.2, 0.25) is 0 Å². The van der Waals surface area contributed by atoms with E-state index in [1.165, 1.54) is 0 Å². The Balaban J connectivity index is 3.45. The highest BCUT2D eigenvalue weighted by Crippen LogP contribution is 2.00. The lowest BCUT2D eigenvalue weighted by Crippen LogP contribution is -2.25. The van der Waals surface area contributed by atoms with Crippen LogP contribution in [-0.4, -0.2) is 37.0 Å². The molecule has 88 valence electrons. The monoisotopic (exact) mass is 216 g/mol. The Morgan fingerprint density at radius 1 is 1.53 bits per heavy atom. The largest absolute Gasteiger partial charge is 0.479 e. The molecule has 0 rings (SSSR count). The van der Waals surface area contributed by atoms with Gasteiger partial charge in [0.05, 0.1) is 0 Å². The highest BCUT2D eigenvalue weighted by atomic mass is 16.5. The number of hydrogen-bond acceptors (Lipinski definition) is 3. The number of ether oxygens (including phenoxy) is 2. The van der Waals surface area contributed by atoms with Gasteiger partial charge in [-0.25, -0.2) is 4.79 Å². The molecule has 4 heteroatoms. The van der Waals surface area contributed by atoms with Gasteiger partial charge in [0.2, 0.25) is 0 Å². The summed E-state index contributed by atoms with van der Waals surface area (Å²) in [7, 11) is 0. The maximum atomic E-state index is 10.7. The van der Waals surface area contributed by atoms with Gasteiger partial charge in [-0.15, -0.1) is 6.58 Å². The quantitative estimate of drug-likeness (QED) is 0.447. The van der Waals surface area contributed by atoms with E-state index >= 15 is 0 Å². The molecule has 0 aliphatic rings. The zero-order valence-electron chi connectivity index (χ0n) is 9.28. The van der Waals surface area contributed by atoms with E-state index in [0.29, 0.717) is 26.2 Å². The molecule has 0 heterocycles. The van der Waals surface area contributed by atoms with Crippen molar-refractivity contribution in [2.24, 2.45) is 0 Å². The van der Waals surface area contributed by atoms with Crippen molar-refractivity contribution in [3.05, 3.63) is 12.7 Å². The summed E-state index contributed by atoms with van der Waals surface area (Å²) < 4.78 is 10.3. The average Bonchev–Trinajstić information content (AvgIpc) is 2.21. The Bertz CT molecular complexity index is 179. The van der Waals surface area contributed by atoms with Crippen LogP contribution in [0, 0.1) is 0 Å². The molecule has 15 heavy (non-hydrogen) atoms. The van der Waals surface area contributed by atoms with Crippen molar-refractivity contribution < 1.29 is 19.4 Å². The summed E-state index contributed by atoms with van der Waals surface area (Å²) in [5.41, 5.74) is 0. The third-order valence-electron chi connectivity index (χ3n) is 1.86. The summed E-state index contributed by atoms with van der Waals surface area (Å²) >= 11 is 0. The van der Waals surface area contributed by atoms with Crippen LogP contribution < -0.4 is 0 Å². The summed E-state index contributed by atoms with van der Waals surface area (Å²) in [6.07, 6.45) is 3.35. The highest BCUT2D eigenvalue weighted by Gasteiger charge is 2.16. The maximum absolute atomic E-state index is 10.7. The first-order valence-electron chi connectivity index (χ1n) is 5.25. The van der Waals surface area contributed by atoms with E-state index in [1.807, 2.05) is 6.08 Å². The van der Waals surface area contributed by atoms with Crippen molar-refractivity contribution in [2.75, 3.05) is 19.8 Å². The first-order valence-corrected chi connectivity index (χ1v) is 5.25. The smallest absolute Gasteiger partial charge is 0.332 e. The molecule has 4 nitrogen and oxygen atoms in total. The van der Waals surface area contributed by atoms with E-state index in [2.05, 4.69) is 6.58 Å². The van der Waals surface area contributed by atoms with Gasteiger partial charge in [0.15, 0.2) is 6.10 Å². The van der Waals surface area contributed by atoms with E-state index in [9.17, 15) is 4.79 Å². The van der Waals surface area contributed by atoms with Gasteiger partial charge in [-0.1, -0.05) is 6.08 Å². The molecule has 0 aliphatic heterocycles. The first-order chi connectivity index (χ1) is 7.22. The minimum atomic E-state index is -0.924. The van der Waals surface area contributed by atoms with Crippen LogP contribution in [-0.2, 0) is 14.3 Å². The Kier molecular flexibility index (Phi) is 9.11. The van der Waals surface area contributed by atoms with Crippen LogP contribution in [0.1, 0.15) is 26.2 Å². The van der Waals surface area contributed by atoms with Gasteiger partial charge in [-0.05, 0) is 19.8 Å². The standard InChI is InChI=1S/C11H20O4/c1-3-5-6-8-14-9-7-10(11(12)13)15-4-2/h3,10H,1,4-9H2,2H3,(H,12,13). The zero-order chi connectivity index (χ0) is 11.5. The normalized spacial score (nSPS) is 12.3. The van der Waals surface area contributed by atoms with Crippen molar-refractivity contribution in [3.63, 3.8) is 0 Å². The van der Waals surface area contributed by atoms with Gasteiger partial charge in [-0.3, -0.25) is 0 Å². The second-order valence-corrected chi connectivity index (χ2v) is 3.11. The van der Waals surface area contributed by atoms with Crippen molar-refractivity contribution in [1.29, 1.82) is 0 Å². The number of aliphatic carboxylic acids is 1. The predicted molar refractivity (Wildman–Crippen MR) is 57.9 cm³/mol. The molecule has 0 fully saturated rings. The van der Waals surface area contributed by atoms with Crippen LogP contribution in [0.25, 0.3) is 0 Å². The molecule has 0 aromatic carbocycles. The molecular weight excluding hydrogens is 196 g/mol. The van der Waals surface area contributed by atoms with Crippen molar-refractivity contribution in [1.82, 2.24) is 0 Å².